The van der Waals surface area contributed by atoms with Crippen LogP contribution in [0.25, 0.3) is 0 Å². The number of benzene rings is 2. The number of halogens is 2. The molecule has 0 aliphatic heterocycles. The van der Waals surface area contributed by atoms with Crippen molar-refractivity contribution in [3.8, 4) is 5.75 Å². The van der Waals surface area contributed by atoms with E-state index in [0.717, 1.165) is 5.56 Å². The van der Waals surface area contributed by atoms with E-state index in [9.17, 15) is 18.0 Å². The minimum absolute atomic E-state index is 0.0187. The van der Waals surface area contributed by atoms with Crippen molar-refractivity contribution >= 4 is 45.0 Å². The molecule has 1 N–H and O–H groups in total. The molecule has 0 radical (unpaired) electrons. The highest BCUT2D eigenvalue weighted by Gasteiger charge is 2.37. The van der Waals surface area contributed by atoms with E-state index in [1.54, 1.807) is 0 Å². The molecule has 174 valence electrons. The maximum absolute atomic E-state index is 12.8. The van der Waals surface area contributed by atoms with Crippen molar-refractivity contribution in [1.29, 1.82) is 0 Å². The van der Waals surface area contributed by atoms with Gasteiger partial charge in [0.05, 0.1) is 6.61 Å². The molecule has 2 rings (SSSR count). The van der Waals surface area contributed by atoms with E-state index in [1.807, 2.05) is 30.3 Å². The van der Waals surface area contributed by atoms with Crippen LogP contribution in [0.1, 0.15) is 32.3 Å². The van der Waals surface area contributed by atoms with Gasteiger partial charge >= 0.3 is 10.1 Å². The van der Waals surface area contributed by atoms with Crippen LogP contribution >= 0.6 is 23.2 Å². The van der Waals surface area contributed by atoms with Gasteiger partial charge in [0.15, 0.2) is 5.78 Å². The zero-order valence-electron chi connectivity index (χ0n) is 17.7. The summed E-state index contributed by atoms with van der Waals surface area (Å²) in [5.41, 5.74) is 1.00. The standard InChI is InChI=1S/C22H25Cl2NO6S/c1-15(2)21(27)22(32(28,29)31-19-12-17(23)11-18(24)13-19)25-20(26)9-6-10-30-14-16-7-4-3-5-8-16/h3-5,7-8,11-13,15,22H,6,9-10,14H2,1-2H3,(H,25,26). The number of nitrogens with one attached hydrogen (secondary N) is 1. The maximum atomic E-state index is 12.8. The molecule has 0 aromatic heterocycles. The van der Waals surface area contributed by atoms with Crippen LogP contribution in [0.4, 0.5) is 0 Å². The van der Waals surface area contributed by atoms with Gasteiger partial charge in [-0.25, -0.2) is 0 Å². The second-order valence-electron chi connectivity index (χ2n) is 7.33. The highest BCUT2D eigenvalue weighted by atomic mass is 35.5. The summed E-state index contributed by atoms with van der Waals surface area (Å²) in [6.07, 6.45) is 0.335. The molecule has 7 nitrogen and oxygen atoms in total. The Bertz CT molecular complexity index is 1010. The minimum Gasteiger partial charge on any atom is -0.381 e. The van der Waals surface area contributed by atoms with Crippen molar-refractivity contribution < 1.29 is 26.9 Å². The first-order chi connectivity index (χ1) is 15.1. The smallest absolute Gasteiger partial charge is 0.338 e. The van der Waals surface area contributed by atoms with Crippen LogP contribution in [-0.4, -0.2) is 32.1 Å². The third-order valence-corrected chi connectivity index (χ3v) is 6.05. The first kappa shape index (κ1) is 26.1. The first-order valence-corrected chi connectivity index (χ1v) is 12.2. The summed E-state index contributed by atoms with van der Waals surface area (Å²) in [5.74, 6) is -2.13. The Labute approximate surface area is 198 Å². The van der Waals surface area contributed by atoms with Gasteiger partial charge in [-0.1, -0.05) is 67.4 Å². The second kappa shape index (κ2) is 12.2. The fraction of sp³-hybridized carbons (Fsp3) is 0.364. The van der Waals surface area contributed by atoms with Gasteiger partial charge in [0, 0.05) is 41.1 Å². The van der Waals surface area contributed by atoms with E-state index in [1.165, 1.54) is 32.0 Å². The van der Waals surface area contributed by atoms with Crippen molar-refractivity contribution in [3.05, 3.63) is 64.1 Å². The lowest BCUT2D eigenvalue weighted by molar-refractivity contribution is -0.127. The molecule has 2 aromatic rings. The van der Waals surface area contributed by atoms with Crippen molar-refractivity contribution in [3.63, 3.8) is 0 Å². The van der Waals surface area contributed by atoms with E-state index in [4.69, 9.17) is 32.1 Å². The highest BCUT2D eigenvalue weighted by Crippen LogP contribution is 2.26. The Balaban J connectivity index is 1.97. The fourth-order valence-corrected chi connectivity index (χ4v) is 4.46. The van der Waals surface area contributed by atoms with Gasteiger partial charge in [-0.2, -0.15) is 8.42 Å². The summed E-state index contributed by atoms with van der Waals surface area (Å²) in [7, 11) is -4.55. The van der Waals surface area contributed by atoms with E-state index in [-0.39, 0.29) is 22.2 Å². The minimum atomic E-state index is -4.55. The maximum Gasteiger partial charge on any atom is 0.338 e. The van der Waals surface area contributed by atoms with E-state index < -0.39 is 33.1 Å². The Morgan fingerprint density at radius 3 is 2.25 bits per heavy atom. The summed E-state index contributed by atoms with van der Waals surface area (Å²) in [6.45, 7) is 3.77. The third-order valence-electron chi connectivity index (χ3n) is 4.26. The average Bonchev–Trinajstić information content (AvgIpc) is 2.70. The third kappa shape index (κ3) is 8.43. The van der Waals surface area contributed by atoms with Crippen LogP contribution in [0.2, 0.25) is 10.0 Å². The topological polar surface area (TPSA) is 98.8 Å². The molecular weight excluding hydrogens is 477 g/mol. The molecule has 0 fully saturated rings. The molecule has 32 heavy (non-hydrogen) atoms. The van der Waals surface area contributed by atoms with Crippen LogP contribution in [0.5, 0.6) is 5.75 Å². The Kier molecular flexibility index (Phi) is 9.96. The molecule has 2 aromatic carbocycles. The van der Waals surface area contributed by atoms with Crippen molar-refractivity contribution in [2.45, 2.75) is 38.7 Å². The number of ether oxygens (including phenoxy) is 1. The molecule has 0 aliphatic carbocycles. The predicted molar refractivity (Wildman–Crippen MR) is 123 cm³/mol. The zero-order chi connectivity index (χ0) is 23.7. The normalized spacial score (nSPS) is 12.4. The van der Waals surface area contributed by atoms with Crippen molar-refractivity contribution in [2.24, 2.45) is 5.92 Å². The fourth-order valence-electron chi connectivity index (χ4n) is 2.66. The van der Waals surface area contributed by atoms with Crippen LogP contribution in [-0.2, 0) is 31.1 Å². The number of ketones is 1. The molecule has 0 bridgehead atoms. The average molecular weight is 502 g/mol. The second-order valence-corrected chi connectivity index (χ2v) is 9.82. The first-order valence-electron chi connectivity index (χ1n) is 9.92. The Morgan fingerprint density at radius 2 is 1.66 bits per heavy atom. The molecule has 0 saturated carbocycles. The predicted octanol–water partition coefficient (Wildman–Crippen LogP) is 4.37. The number of hydrogen-bond acceptors (Lipinski definition) is 6. The van der Waals surface area contributed by atoms with Crippen LogP contribution in [0, 0.1) is 5.92 Å². The van der Waals surface area contributed by atoms with Crippen LogP contribution < -0.4 is 9.50 Å². The van der Waals surface area contributed by atoms with Crippen LogP contribution in [0.3, 0.4) is 0 Å². The summed E-state index contributed by atoms with van der Waals surface area (Å²) in [5, 5.41) is 0.733. The summed E-state index contributed by atoms with van der Waals surface area (Å²) in [6, 6.07) is 13.4. The molecule has 1 atom stereocenters. The van der Waals surface area contributed by atoms with E-state index in [2.05, 4.69) is 5.32 Å². The van der Waals surface area contributed by atoms with Gasteiger partial charge in [-0.15, -0.1) is 0 Å². The van der Waals surface area contributed by atoms with Gasteiger partial charge in [0.2, 0.25) is 11.3 Å². The van der Waals surface area contributed by atoms with Gasteiger partial charge in [-0.05, 0) is 18.1 Å². The monoisotopic (exact) mass is 501 g/mol. The van der Waals surface area contributed by atoms with Gasteiger partial charge in [0.25, 0.3) is 0 Å². The lowest BCUT2D eigenvalue weighted by Gasteiger charge is -2.20. The highest BCUT2D eigenvalue weighted by molar-refractivity contribution is 7.88. The molecule has 0 saturated heterocycles. The number of rotatable bonds is 12. The molecule has 1 amide bonds. The molecule has 0 aliphatic rings. The summed E-state index contributed by atoms with van der Waals surface area (Å²) in [4.78, 5) is 24.9. The lowest BCUT2D eigenvalue weighted by atomic mass is 10.1. The van der Waals surface area contributed by atoms with Crippen molar-refractivity contribution in [1.82, 2.24) is 5.32 Å². The number of carbonyl (C=O) groups is 2. The van der Waals surface area contributed by atoms with E-state index >= 15 is 0 Å². The molecule has 0 spiro atoms. The van der Waals surface area contributed by atoms with E-state index in [0.29, 0.717) is 19.6 Å². The summed E-state index contributed by atoms with van der Waals surface area (Å²) < 4.78 is 36.1. The van der Waals surface area contributed by atoms with Gasteiger partial charge in [0.1, 0.15) is 5.75 Å². The summed E-state index contributed by atoms with van der Waals surface area (Å²) >= 11 is 11.7. The van der Waals surface area contributed by atoms with Crippen LogP contribution in [0.15, 0.2) is 48.5 Å². The molecule has 10 heteroatoms. The molecule has 1 unspecified atom stereocenters. The Hall–Kier alpha value is -2.13. The Morgan fingerprint density at radius 1 is 1.03 bits per heavy atom. The van der Waals surface area contributed by atoms with Gasteiger partial charge in [-0.3, -0.25) is 9.59 Å². The number of hydrogen-bond donors (Lipinski definition) is 1. The molecular formula is C22H25Cl2NO6S. The lowest BCUT2D eigenvalue weighted by Crippen LogP contribution is -2.49. The van der Waals surface area contributed by atoms with Crippen molar-refractivity contribution in [2.75, 3.05) is 6.61 Å². The van der Waals surface area contributed by atoms with Gasteiger partial charge < -0.3 is 14.2 Å². The zero-order valence-corrected chi connectivity index (χ0v) is 20.0. The quantitative estimate of drug-likeness (QED) is 0.342. The number of Topliss-reactive ketones (excluding diaryl/α,β-unsaturated/α-hetero) is 1. The molecule has 0 heterocycles. The number of carbonyl (C=O) groups excluding carboxylic acids is 2. The SMILES string of the molecule is CC(C)C(=O)C(NC(=O)CCCOCc1ccccc1)S(=O)(=O)Oc1cc(Cl)cc(Cl)c1. The number of amides is 1. The largest absolute Gasteiger partial charge is 0.381 e.